The molecule has 1 rings (SSSR count). The van der Waals surface area contributed by atoms with Crippen LogP contribution in [0.4, 0.5) is 0 Å². The van der Waals surface area contributed by atoms with E-state index in [0.29, 0.717) is 0 Å². The molecule has 1 aliphatic rings. The summed E-state index contributed by atoms with van der Waals surface area (Å²) in [6.07, 6.45) is -2.95. The third kappa shape index (κ3) is 2.43. The predicted molar refractivity (Wildman–Crippen MR) is 47.4 cm³/mol. The molecule has 0 saturated heterocycles. The fraction of sp³-hybridized carbons (Fsp3) is 0.889. The van der Waals surface area contributed by atoms with Crippen LogP contribution in [0.15, 0.2) is 0 Å². The first-order valence-corrected chi connectivity index (χ1v) is 4.77. The van der Waals surface area contributed by atoms with E-state index in [1.807, 2.05) is 0 Å². The van der Waals surface area contributed by atoms with Crippen molar-refractivity contribution in [3.05, 3.63) is 0 Å². The van der Waals surface area contributed by atoms with E-state index in [1.165, 1.54) is 0 Å². The van der Waals surface area contributed by atoms with E-state index in [-0.39, 0.29) is 19.4 Å². The summed E-state index contributed by atoms with van der Waals surface area (Å²) in [5.74, 6) is -0.930. The first-order valence-electron chi connectivity index (χ1n) is 4.77. The third-order valence-electron chi connectivity index (χ3n) is 2.46. The lowest BCUT2D eigenvalue weighted by molar-refractivity contribution is -0.159. The number of rotatable bonds is 2. The van der Waals surface area contributed by atoms with Gasteiger partial charge in [0, 0.05) is 0 Å². The van der Waals surface area contributed by atoms with Crippen LogP contribution in [0.2, 0.25) is 0 Å². The highest BCUT2D eigenvalue weighted by molar-refractivity contribution is 5.72. The molecule has 0 aliphatic heterocycles. The Balaban J connectivity index is 2.53. The van der Waals surface area contributed by atoms with Crippen molar-refractivity contribution in [3.8, 4) is 0 Å². The van der Waals surface area contributed by atoms with Gasteiger partial charge >= 0.3 is 5.97 Å². The molecule has 0 amide bonds. The van der Waals surface area contributed by atoms with Crippen molar-refractivity contribution in [2.24, 2.45) is 5.92 Å². The second kappa shape index (κ2) is 4.72. The van der Waals surface area contributed by atoms with Crippen molar-refractivity contribution in [3.63, 3.8) is 0 Å². The minimum absolute atomic E-state index is 0.150. The second-order valence-corrected chi connectivity index (χ2v) is 3.55. The van der Waals surface area contributed by atoms with Gasteiger partial charge in [-0.05, 0) is 19.8 Å². The molecular weight excluding hydrogens is 188 g/mol. The lowest BCUT2D eigenvalue weighted by Crippen LogP contribution is -2.46. The Bertz CT molecular complexity index is 193. The Hall–Kier alpha value is -0.650. The molecule has 2 unspecified atom stereocenters. The van der Waals surface area contributed by atoms with Crippen LogP contribution < -0.4 is 0 Å². The fourth-order valence-electron chi connectivity index (χ4n) is 1.67. The molecule has 0 bridgehead atoms. The van der Waals surface area contributed by atoms with Gasteiger partial charge < -0.3 is 20.1 Å². The number of esters is 1. The molecule has 0 aromatic heterocycles. The van der Waals surface area contributed by atoms with Crippen LogP contribution >= 0.6 is 0 Å². The summed E-state index contributed by atoms with van der Waals surface area (Å²) in [4.78, 5) is 11.3. The number of ether oxygens (including phenoxy) is 1. The van der Waals surface area contributed by atoms with Gasteiger partial charge in [0.15, 0.2) is 0 Å². The molecule has 5 nitrogen and oxygen atoms in total. The standard InChI is InChI=1S/C9H16O5/c1-2-14-9(13)5-3-6(10)8(12)7(11)4-5/h5-8,10-12H,2-4H2,1H3. The third-order valence-corrected chi connectivity index (χ3v) is 2.46. The van der Waals surface area contributed by atoms with Gasteiger partial charge in [0.05, 0.1) is 24.7 Å². The molecule has 0 spiro atoms. The van der Waals surface area contributed by atoms with Crippen molar-refractivity contribution in [2.45, 2.75) is 38.1 Å². The molecule has 1 aliphatic carbocycles. The average Bonchev–Trinajstić information content (AvgIpc) is 2.13. The maximum Gasteiger partial charge on any atom is 0.309 e. The van der Waals surface area contributed by atoms with Crippen molar-refractivity contribution in [1.82, 2.24) is 0 Å². The summed E-state index contributed by atoms with van der Waals surface area (Å²) in [5.41, 5.74) is 0. The van der Waals surface area contributed by atoms with Crippen LogP contribution in [0.1, 0.15) is 19.8 Å². The summed E-state index contributed by atoms with van der Waals surface area (Å²) in [7, 11) is 0. The van der Waals surface area contributed by atoms with Gasteiger partial charge in [0.2, 0.25) is 0 Å². The summed E-state index contributed by atoms with van der Waals surface area (Å²) in [6, 6.07) is 0. The van der Waals surface area contributed by atoms with Gasteiger partial charge in [0.25, 0.3) is 0 Å². The van der Waals surface area contributed by atoms with Crippen LogP contribution in [0.5, 0.6) is 0 Å². The predicted octanol–water partition coefficient (Wildman–Crippen LogP) is -0.958. The van der Waals surface area contributed by atoms with Crippen LogP contribution in [-0.4, -0.2) is 46.2 Å². The topological polar surface area (TPSA) is 87.0 Å². The summed E-state index contributed by atoms with van der Waals surface area (Å²) in [5, 5.41) is 27.9. The molecular formula is C9H16O5. The molecule has 2 atom stereocenters. The molecule has 0 aromatic rings. The maximum absolute atomic E-state index is 11.3. The second-order valence-electron chi connectivity index (χ2n) is 3.55. The van der Waals surface area contributed by atoms with Crippen molar-refractivity contribution in [1.29, 1.82) is 0 Å². The number of aliphatic hydroxyl groups is 3. The van der Waals surface area contributed by atoms with E-state index >= 15 is 0 Å². The highest BCUT2D eigenvalue weighted by atomic mass is 16.5. The smallest absolute Gasteiger partial charge is 0.309 e. The molecule has 0 aromatic carbocycles. The number of aliphatic hydroxyl groups excluding tert-OH is 3. The van der Waals surface area contributed by atoms with Crippen molar-refractivity contribution < 1.29 is 24.9 Å². The number of carbonyl (C=O) groups is 1. The summed E-state index contributed by atoms with van der Waals surface area (Å²) in [6.45, 7) is 1.98. The molecule has 82 valence electrons. The Labute approximate surface area is 82.3 Å². The quantitative estimate of drug-likeness (QED) is 0.504. The number of hydrogen-bond donors (Lipinski definition) is 3. The normalized spacial score (nSPS) is 38.0. The highest BCUT2D eigenvalue weighted by Gasteiger charge is 2.38. The molecule has 14 heavy (non-hydrogen) atoms. The molecule has 5 heteroatoms. The van der Waals surface area contributed by atoms with Gasteiger partial charge in [-0.1, -0.05) is 0 Å². The first kappa shape index (κ1) is 11.4. The van der Waals surface area contributed by atoms with Gasteiger partial charge in [-0.25, -0.2) is 0 Å². The zero-order valence-corrected chi connectivity index (χ0v) is 8.09. The zero-order chi connectivity index (χ0) is 10.7. The van der Waals surface area contributed by atoms with Crippen LogP contribution in [0, 0.1) is 5.92 Å². The lowest BCUT2D eigenvalue weighted by atomic mass is 9.83. The zero-order valence-electron chi connectivity index (χ0n) is 8.09. The van der Waals surface area contributed by atoms with Gasteiger partial charge in [0.1, 0.15) is 6.10 Å². The van der Waals surface area contributed by atoms with Crippen molar-refractivity contribution in [2.75, 3.05) is 6.61 Å². The maximum atomic E-state index is 11.3. The van der Waals surface area contributed by atoms with Crippen LogP contribution in [0.25, 0.3) is 0 Å². The van der Waals surface area contributed by atoms with E-state index in [1.54, 1.807) is 6.92 Å². The van der Waals surface area contributed by atoms with Crippen LogP contribution in [-0.2, 0) is 9.53 Å². The van der Waals surface area contributed by atoms with E-state index in [9.17, 15) is 20.1 Å². The van der Waals surface area contributed by atoms with Crippen molar-refractivity contribution >= 4 is 5.97 Å². The van der Waals surface area contributed by atoms with Crippen LogP contribution in [0.3, 0.4) is 0 Å². The van der Waals surface area contributed by atoms with Gasteiger partial charge in [-0.3, -0.25) is 4.79 Å². The Morgan fingerprint density at radius 2 is 1.79 bits per heavy atom. The summed E-state index contributed by atoms with van der Waals surface area (Å²) >= 11 is 0. The fourth-order valence-corrected chi connectivity index (χ4v) is 1.67. The average molecular weight is 204 g/mol. The SMILES string of the molecule is CCOC(=O)C1CC(O)C(O)C(O)C1. The van der Waals surface area contributed by atoms with E-state index in [4.69, 9.17) is 4.74 Å². The Morgan fingerprint density at radius 3 is 2.21 bits per heavy atom. The molecule has 3 N–H and O–H groups in total. The lowest BCUT2D eigenvalue weighted by Gasteiger charge is -2.32. The number of hydrogen-bond acceptors (Lipinski definition) is 5. The highest BCUT2D eigenvalue weighted by Crippen LogP contribution is 2.26. The first-order chi connectivity index (χ1) is 6.56. The largest absolute Gasteiger partial charge is 0.466 e. The van der Waals surface area contributed by atoms with Gasteiger partial charge in [-0.2, -0.15) is 0 Å². The van der Waals surface area contributed by atoms with Gasteiger partial charge in [-0.15, -0.1) is 0 Å². The Kier molecular flexibility index (Phi) is 3.86. The molecule has 1 fully saturated rings. The molecule has 0 heterocycles. The van der Waals surface area contributed by atoms with E-state index < -0.39 is 30.2 Å². The Morgan fingerprint density at radius 1 is 1.29 bits per heavy atom. The minimum atomic E-state index is -1.15. The molecule has 1 saturated carbocycles. The van der Waals surface area contributed by atoms with E-state index in [2.05, 4.69) is 0 Å². The summed E-state index contributed by atoms with van der Waals surface area (Å²) < 4.78 is 4.77. The minimum Gasteiger partial charge on any atom is -0.466 e. The monoisotopic (exact) mass is 204 g/mol. The number of carbonyl (C=O) groups excluding carboxylic acids is 1. The van der Waals surface area contributed by atoms with E-state index in [0.717, 1.165) is 0 Å². The molecule has 0 radical (unpaired) electrons.